The van der Waals surface area contributed by atoms with E-state index >= 15 is 0 Å². The van der Waals surface area contributed by atoms with Gasteiger partial charge in [0.25, 0.3) is 0 Å². The fraction of sp³-hybridized carbons (Fsp3) is 0.188. The maximum atomic E-state index is 5.14. The minimum Gasteiger partial charge on any atom is -0.504 e. The van der Waals surface area contributed by atoms with E-state index in [1.807, 2.05) is 18.3 Å². The van der Waals surface area contributed by atoms with Gasteiger partial charge in [0.15, 0.2) is 0 Å². The van der Waals surface area contributed by atoms with Crippen LogP contribution in [0.5, 0.6) is 0 Å². The van der Waals surface area contributed by atoms with Gasteiger partial charge in [0.05, 0.1) is 11.6 Å². The second kappa shape index (κ2) is 14.1. The molecule has 0 aliphatic carbocycles. The van der Waals surface area contributed by atoms with E-state index in [0.717, 1.165) is 61.4 Å². The van der Waals surface area contributed by atoms with Crippen LogP contribution >= 0.6 is 0 Å². The molecule has 8 aromatic rings. The first-order chi connectivity index (χ1) is 26.4. The summed E-state index contributed by atoms with van der Waals surface area (Å²) in [6, 6.07) is 47.4. The fourth-order valence-corrected chi connectivity index (χ4v) is 7.32. The number of benzene rings is 5. The molecule has 0 saturated carbocycles. The van der Waals surface area contributed by atoms with Crippen molar-refractivity contribution in [3.8, 4) is 40.0 Å². The van der Waals surface area contributed by atoms with Crippen LogP contribution in [0.25, 0.3) is 61.8 Å². The van der Waals surface area contributed by atoms with Gasteiger partial charge in [0.2, 0.25) is 0 Å². The molecule has 1 aliphatic rings. The summed E-state index contributed by atoms with van der Waals surface area (Å²) in [6.45, 7) is 15.4. The summed E-state index contributed by atoms with van der Waals surface area (Å²) in [6.07, 6.45) is 1.90. The third-order valence-corrected chi connectivity index (χ3v) is 10.4. The van der Waals surface area contributed by atoms with Gasteiger partial charge in [-0.05, 0) is 70.2 Å². The summed E-state index contributed by atoms with van der Waals surface area (Å²) in [7, 11) is 2.06. The number of anilines is 3. The summed E-state index contributed by atoms with van der Waals surface area (Å²) < 4.78 is 2.20. The molecule has 56 heavy (non-hydrogen) atoms. The topological polar surface area (TPSA) is 63.0 Å². The van der Waals surface area contributed by atoms with E-state index in [4.69, 9.17) is 19.9 Å². The minimum absolute atomic E-state index is 0. The zero-order chi connectivity index (χ0) is 38.1. The zero-order valence-corrected chi connectivity index (χ0v) is 34.8. The van der Waals surface area contributed by atoms with Crippen molar-refractivity contribution in [3.63, 3.8) is 0 Å². The number of nitrogens with zero attached hydrogens (tertiary/aromatic N) is 7. The SMILES string of the molecule is CN1[CH-]N(c2[c-]c(-c3nc(-c4[c-]c5c(cc4)c4ccccc4n5-c4cc(C(C)(C)C)ccn4)nc(-c4ccc(C(C)(C)C)cc4)n3)ccc2)c2ccccc21.[Pt]. The number of aromatic nitrogens is 5. The van der Waals surface area contributed by atoms with Gasteiger partial charge in [-0.25, -0.2) is 4.98 Å². The van der Waals surface area contributed by atoms with Crippen LogP contribution in [0.3, 0.4) is 0 Å². The van der Waals surface area contributed by atoms with Crippen molar-refractivity contribution in [1.29, 1.82) is 0 Å². The monoisotopic (exact) mass is 911 g/mol. The molecule has 0 bridgehead atoms. The summed E-state index contributed by atoms with van der Waals surface area (Å²) in [5.74, 6) is 2.51. The first kappa shape index (κ1) is 37.3. The molecule has 0 amide bonds. The maximum absolute atomic E-state index is 5.14. The van der Waals surface area contributed by atoms with Crippen molar-refractivity contribution < 1.29 is 21.1 Å². The molecule has 282 valence electrons. The molecule has 0 radical (unpaired) electrons. The van der Waals surface area contributed by atoms with Crippen LogP contribution in [0.2, 0.25) is 0 Å². The van der Waals surface area contributed by atoms with Gasteiger partial charge >= 0.3 is 0 Å². The molecule has 0 saturated heterocycles. The van der Waals surface area contributed by atoms with E-state index in [9.17, 15) is 0 Å². The van der Waals surface area contributed by atoms with Crippen molar-refractivity contribution in [2.24, 2.45) is 0 Å². The van der Waals surface area contributed by atoms with Gasteiger partial charge in [0.1, 0.15) is 11.6 Å². The van der Waals surface area contributed by atoms with E-state index in [1.54, 1.807) is 0 Å². The number of hydrogen-bond acceptors (Lipinski definition) is 6. The predicted octanol–water partition coefficient (Wildman–Crippen LogP) is 11.3. The Hall–Kier alpha value is -5.65. The van der Waals surface area contributed by atoms with E-state index < -0.39 is 0 Å². The van der Waals surface area contributed by atoms with Gasteiger partial charge in [-0.2, -0.15) is 6.67 Å². The Morgan fingerprint density at radius 3 is 1.98 bits per heavy atom. The second-order valence-electron chi connectivity index (χ2n) is 16.3. The molecule has 0 atom stereocenters. The summed E-state index contributed by atoms with van der Waals surface area (Å²) in [5, 5.41) is 2.22. The molecule has 0 unspecified atom stereocenters. The third kappa shape index (κ3) is 6.68. The Labute approximate surface area is 343 Å². The Morgan fingerprint density at radius 1 is 0.589 bits per heavy atom. The zero-order valence-electron chi connectivity index (χ0n) is 32.6. The van der Waals surface area contributed by atoms with Gasteiger partial charge in [-0.3, -0.25) is 9.97 Å². The van der Waals surface area contributed by atoms with Crippen molar-refractivity contribution in [2.45, 2.75) is 52.4 Å². The number of para-hydroxylation sites is 3. The molecule has 4 heterocycles. The van der Waals surface area contributed by atoms with E-state index in [-0.39, 0.29) is 31.9 Å². The standard InChI is InChI=1S/C48H42N7.Pt/c1-47(2,3)34-22-19-31(20-23-34)44-50-45(32-13-12-14-36(27-32)54-30-53(7)40-17-10-11-18-41(40)54)52-46(51-44)33-21-24-38-37-15-8-9-16-39(37)55(42(38)28-33)43-29-35(25-26-49-43)48(4,5)6;/h8-26,29-30H,1-7H3;/q-3;. The first-order valence-corrected chi connectivity index (χ1v) is 18.7. The Bertz CT molecular complexity index is 2740. The predicted molar refractivity (Wildman–Crippen MR) is 225 cm³/mol. The molecule has 0 N–H and O–H groups in total. The number of fused-ring (bicyclic) bond motifs is 4. The van der Waals surface area contributed by atoms with Crippen molar-refractivity contribution in [2.75, 3.05) is 16.8 Å². The average molecular weight is 912 g/mol. The molecule has 0 spiro atoms. The van der Waals surface area contributed by atoms with Crippen LogP contribution in [-0.4, -0.2) is 31.6 Å². The quantitative estimate of drug-likeness (QED) is 0.160. The molecule has 5 aromatic carbocycles. The van der Waals surface area contributed by atoms with Crippen LogP contribution in [0, 0.1) is 18.8 Å². The van der Waals surface area contributed by atoms with E-state index in [1.165, 1.54) is 11.1 Å². The number of rotatable bonds is 5. The minimum atomic E-state index is -0.0332. The molecular weight excluding hydrogens is 870 g/mol. The van der Waals surface area contributed by atoms with Gasteiger partial charge in [-0.15, -0.1) is 53.6 Å². The molecule has 7 nitrogen and oxygen atoms in total. The summed E-state index contributed by atoms with van der Waals surface area (Å²) in [4.78, 5) is 24.5. The van der Waals surface area contributed by atoms with Crippen LogP contribution < -0.4 is 9.80 Å². The Kier molecular flexibility index (Phi) is 9.41. The molecule has 0 fully saturated rings. The molecule has 9 rings (SSSR count). The normalized spacial score (nSPS) is 13.0. The summed E-state index contributed by atoms with van der Waals surface area (Å²) >= 11 is 0. The third-order valence-electron chi connectivity index (χ3n) is 10.4. The van der Waals surface area contributed by atoms with E-state index in [0.29, 0.717) is 17.5 Å². The first-order valence-electron chi connectivity index (χ1n) is 18.7. The fourth-order valence-electron chi connectivity index (χ4n) is 7.32. The van der Waals surface area contributed by atoms with Crippen LogP contribution in [0.4, 0.5) is 17.1 Å². The molecular formula is C48H42N7Pt-3. The van der Waals surface area contributed by atoms with Gasteiger partial charge in [-0.1, -0.05) is 107 Å². The maximum Gasteiger partial charge on any atom is 0.144 e. The van der Waals surface area contributed by atoms with Crippen molar-refractivity contribution in [1.82, 2.24) is 24.5 Å². The largest absolute Gasteiger partial charge is 0.504 e. The Morgan fingerprint density at radius 2 is 1.25 bits per heavy atom. The van der Waals surface area contributed by atoms with E-state index in [2.05, 4.69) is 185 Å². The van der Waals surface area contributed by atoms with Gasteiger partial charge < -0.3 is 19.4 Å². The van der Waals surface area contributed by atoms with Crippen molar-refractivity contribution >= 4 is 38.9 Å². The average Bonchev–Trinajstić information content (AvgIpc) is 3.71. The number of hydrogen-bond donors (Lipinski definition) is 0. The second-order valence-corrected chi connectivity index (χ2v) is 16.3. The smallest absolute Gasteiger partial charge is 0.144 e. The van der Waals surface area contributed by atoms with Crippen LogP contribution in [-0.2, 0) is 31.9 Å². The Balaban J connectivity index is 0.00000441. The molecule has 8 heteroatoms. The number of pyridine rings is 1. The van der Waals surface area contributed by atoms with Gasteiger partial charge in [0, 0.05) is 49.7 Å². The molecule has 3 aromatic heterocycles. The van der Waals surface area contributed by atoms with Crippen molar-refractivity contribution in [3.05, 3.63) is 151 Å². The van der Waals surface area contributed by atoms with Crippen LogP contribution in [0.1, 0.15) is 52.7 Å². The van der Waals surface area contributed by atoms with Crippen LogP contribution in [0.15, 0.2) is 121 Å². The summed E-state index contributed by atoms with van der Waals surface area (Å²) in [5.41, 5.74) is 10.00. The molecule has 1 aliphatic heterocycles.